The number of benzene rings is 1. The average molecular weight is 387 g/mol. The molecule has 0 aliphatic carbocycles. The summed E-state index contributed by atoms with van der Waals surface area (Å²) in [7, 11) is 0. The van der Waals surface area contributed by atoms with Crippen molar-refractivity contribution in [2.75, 3.05) is 5.01 Å². The predicted molar refractivity (Wildman–Crippen MR) is 93.7 cm³/mol. The maximum Gasteiger partial charge on any atom is 0.433 e. The summed E-state index contributed by atoms with van der Waals surface area (Å²) in [6.45, 7) is 1.46. The van der Waals surface area contributed by atoms with Crippen molar-refractivity contribution >= 4 is 40.6 Å². The molecule has 28 heavy (non-hydrogen) atoms. The van der Waals surface area contributed by atoms with Gasteiger partial charge in [0.1, 0.15) is 16.4 Å². The standard InChI is InChI=1S/C15H9N5O8/c1-8-11(7-10-3-5-14(28-10)20(26)27)15(21)17(16-8)12-4-2-9(18(22)23)6-13(12)19(24)25/h2-7H,1H3/b11-7-. The Bertz CT molecular complexity index is 1100. The van der Waals surface area contributed by atoms with E-state index in [1.807, 2.05) is 0 Å². The molecule has 0 radical (unpaired) electrons. The van der Waals surface area contributed by atoms with Crippen LogP contribution in [-0.4, -0.2) is 26.4 Å². The average Bonchev–Trinajstić information content (AvgIpc) is 3.21. The van der Waals surface area contributed by atoms with Gasteiger partial charge in [0.05, 0.1) is 33.3 Å². The summed E-state index contributed by atoms with van der Waals surface area (Å²) in [6, 6.07) is 5.18. The molecule has 0 atom stereocenters. The summed E-state index contributed by atoms with van der Waals surface area (Å²) in [6.07, 6.45) is 1.21. The number of amides is 1. The highest BCUT2D eigenvalue weighted by atomic mass is 16.7. The SMILES string of the molecule is CC1=NN(c2ccc([N+](=O)[O-])cc2[N+](=O)[O-])C(=O)/C1=C\c1ccc([N+](=O)[O-])o1. The van der Waals surface area contributed by atoms with Crippen LogP contribution in [0.1, 0.15) is 12.7 Å². The minimum absolute atomic E-state index is 0.00287. The van der Waals surface area contributed by atoms with Crippen molar-refractivity contribution in [3.8, 4) is 0 Å². The van der Waals surface area contributed by atoms with Crippen LogP contribution >= 0.6 is 0 Å². The molecule has 0 saturated heterocycles. The lowest BCUT2D eigenvalue weighted by atomic mass is 10.1. The molecule has 1 aliphatic heterocycles. The topological polar surface area (TPSA) is 175 Å². The molecule has 1 amide bonds. The number of nitrogens with zero attached hydrogens (tertiary/aromatic N) is 5. The summed E-state index contributed by atoms with van der Waals surface area (Å²) in [5.41, 5.74) is -1.27. The molecule has 0 fully saturated rings. The molecule has 0 N–H and O–H groups in total. The number of rotatable bonds is 5. The van der Waals surface area contributed by atoms with Crippen LogP contribution in [0.3, 0.4) is 0 Å². The maximum atomic E-state index is 12.7. The lowest BCUT2D eigenvalue weighted by Gasteiger charge is -2.11. The van der Waals surface area contributed by atoms with Gasteiger partial charge < -0.3 is 4.42 Å². The first-order valence-electron chi connectivity index (χ1n) is 7.48. The second kappa shape index (κ2) is 6.71. The van der Waals surface area contributed by atoms with Crippen molar-refractivity contribution < 1.29 is 24.0 Å². The summed E-state index contributed by atoms with van der Waals surface area (Å²) in [5, 5.41) is 37.5. The van der Waals surface area contributed by atoms with E-state index >= 15 is 0 Å². The van der Waals surface area contributed by atoms with Gasteiger partial charge in [-0.2, -0.15) is 10.1 Å². The highest BCUT2D eigenvalue weighted by Crippen LogP contribution is 2.35. The zero-order valence-corrected chi connectivity index (χ0v) is 14.0. The number of furan rings is 1. The molecule has 0 unspecified atom stereocenters. The normalized spacial score (nSPS) is 15.0. The zero-order chi connectivity index (χ0) is 20.6. The number of non-ortho nitro benzene ring substituents is 1. The molecule has 13 heteroatoms. The van der Waals surface area contributed by atoms with Gasteiger partial charge in [0.2, 0.25) is 0 Å². The number of carbonyl (C=O) groups excluding carboxylic acids is 1. The van der Waals surface area contributed by atoms with Gasteiger partial charge in [-0.1, -0.05) is 0 Å². The molecule has 0 saturated carbocycles. The van der Waals surface area contributed by atoms with Crippen molar-refractivity contribution in [2.45, 2.75) is 6.92 Å². The fourth-order valence-corrected chi connectivity index (χ4v) is 2.46. The Morgan fingerprint density at radius 2 is 1.75 bits per heavy atom. The van der Waals surface area contributed by atoms with Gasteiger partial charge in [0.25, 0.3) is 11.6 Å². The summed E-state index contributed by atoms with van der Waals surface area (Å²) in [4.78, 5) is 43.1. The third kappa shape index (κ3) is 3.18. The molecular weight excluding hydrogens is 378 g/mol. The van der Waals surface area contributed by atoms with Crippen molar-refractivity contribution in [1.29, 1.82) is 0 Å². The van der Waals surface area contributed by atoms with Crippen LogP contribution in [0, 0.1) is 30.3 Å². The Balaban J connectivity index is 2.01. The lowest BCUT2D eigenvalue weighted by Crippen LogP contribution is -2.22. The highest BCUT2D eigenvalue weighted by molar-refractivity contribution is 6.32. The van der Waals surface area contributed by atoms with Gasteiger partial charge in [0, 0.05) is 6.07 Å². The van der Waals surface area contributed by atoms with Crippen LogP contribution in [-0.2, 0) is 4.79 Å². The quantitative estimate of drug-likeness (QED) is 0.427. The molecular formula is C15H9N5O8. The molecule has 142 valence electrons. The lowest BCUT2D eigenvalue weighted by molar-refractivity contribution is -0.402. The molecule has 3 rings (SSSR count). The Labute approximate surface area is 154 Å². The van der Waals surface area contributed by atoms with Crippen LogP contribution in [0.2, 0.25) is 0 Å². The minimum atomic E-state index is -0.863. The fourth-order valence-electron chi connectivity index (χ4n) is 2.46. The zero-order valence-electron chi connectivity index (χ0n) is 14.0. The second-order valence-corrected chi connectivity index (χ2v) is 5.48. The monoisotopic (exact) mass is 387 g/mol. The first-order valence-corrected chi connectivity index (χ1v) is 7.48. The van der Waals surface area contributed by atoms with E-state index in [4.69, 9.17) is 4.42 Å². The van der Waals surface area contributed by atoms with E-state index in [-0.39, 0.29) is 22.7 Å². The molecule has 2 heterocycles. The molecule has 0 spiro atoms. The van der Waals surface area contributed by atoms with Gasteiger partial charge >= 0.3 is 11.6 Å². The first kappa shape index (κ1) is 18.4. The number of anilines is 1. The number of hydrazone groups is 1. The van der Waals surface area contributed by atoms with Gasteiger partial charge in [-0.15, -0.1) is 0 Å². The number of nitro groups is 3. The van der Waals surface area contributed by atoms with E-state index in [0.29, 0.717) is 0 Å². The Kier molecular flexibility index (Phi) is 4.40. The van der Waals surface area contributed by atoms with Crippen LogP contribution in [0.15, 0.2) is 45.4 Å². The number of carbonyl (C=O) groups is 1. The third-order valence-corrected chi connectivity index (χ3v) is 3.74. The van der Waals surface area contributed by atoms with E-state index in [9.17, 15) is 35.1 Å². The van der Waals surface area contributed by atoms with Crippen LogP contribution in [0.4, 0.5) is 22.9 Å². The molecule has 1 aliphatic rings. The van der Waals surface area contributed by atoms with E-state index in [1.165, 1.54) is 19.1 Å². The van der Waals surface area contributed by atoms with Gasteiger partial charge in [-0.05, 0) is 25.1 Å². The second-order valence-electron chi connectivity index (χ2n) is 5.48. The van der Waals surface area contributed by atoms with Gasteiger partial charge in [-0.25, -0.2) is 0 Å². The molecule has 1 aromatic carbocycles. The largest absolute Gasteiger partial charge is 0.433 e. The predicted octanol–water partition coefficient (Wildman–Crippen LogP) is 2.81. The number of hydrogen-bond acceptors (Lipinski definition) is 9. The maximum absolute atomic E-state index is 12.7. The Morgan fingerprint density at radius 3 is 2.32 bits per heavy atom. The summed E-state index contributed by atoms with van der Waals surface area (Å²) < 4.78 is 4.96. The van der Waals surface area contributed by atoms with Crippen molar-refractivity contribution in [1.82, 2.24) is 0 Å². The van der Waals surface area contributed by atoms with Crippen LogP contribution in [0.5, 0.6) is 0 Å². The van der Waals surface area contributed by atoms with E-state index in [2.05, 4.69) is 5.10 Å². The number of nitro benzene ring substituents is 2. The molecule has 13 nitrogen and oxygen atoms in total. The van der Waals surface area contributed by atoms with E-state index < -0.39 is 37.9 Å². The Morgan fingerprint density at radius 1 is 1.04 bits per heavy atom. The smallest absolute Gasteiger partial charge is 0.401 e. The third-order valence-electron chi connectivity index (χ3n) is 3.74. The van der Waals surface area contributed by atoms with E-state index in [0.717, 1.165) is 29.3 Å². The van der Waals surface area contributed by atoms with Gasteiger partial charge in [-0.3, -0.25) is 35.1 Å². The highest BCUT2D eigenvalue weighted by Gasteiger charge is 2.34. The van der Waals surface area contributed by atoms with Gasteiger partial charge in [0.15, 0.2) is 0 Å². The molecule has 0 bridgehead atoms. The van der Waals surface area contributed by atoms with Crippen LogP contribution in [0.25, 0.3) is 6.08 Å². The summed E-state index contributed by atoms with van der Waals surface area (Å²) in [5.74, 6) is -1.26. The van der Waals surface area contributed by atoms with Crippen molar-refractivity contribution in [3.05, 3.63) is 72.0 Å². The number of hydrogen-bond donors (Lipinski definition) is 0. The fraction of sp³-hybridized carbons (Fsp3) is 0.0667. The molecule has 2 aromatic rings. The van der Waals surface area contributed by atoms with Crippen molar-refractivity contribution in [2.24, 2.45) is 5.10 Å². The van der Waals surface area contributed by atoms with Crippen LogP contribution < -0.4 is 5.01 Å². The molecule has 1 aromatic heterocycles. The van der Waals surface area contributed by atoms with Crippen molar-refractivity contribution in [3.63, 3.8) is 0 Å². The summed E-state index contributed by atoms with van der Waals surface area (Å²) >= 11 is 0. The first-order chi connectivity index (χ1) is 13.2. The van der Waals surface area contributed by atoms with E-state index in [1.54, 1.807) is 0 Å². The Hall–Kier alpha value is -4.42. The minimum Gasteiger partial charge on any atom is -0.401 e.